The summed E-state index contributed by atoms with van der Waals surface area (Å²) in [7, 11) is 0. The molecular formula is C19H25FN2O2. The van der Waals surface area contributed by atoms with Gasteiger partial charge in [0.25, 0.3) is 0 Å². The van der Waals surface area contributed by atoms with Crippen LogP contribution in [0, 0.1) is 11.7 Å². The molecular weight excluding hydrogens is 307 g/mol. The first-order valence-corrected chi connectivity index (χ1v) is 8.95. The summed E-state index contributed by atoms with van der Waals surface area (Å²) in [5.74, 6) is -0.189. The Kier molecular flexibility index (Phi) is 5.48. The largest absolute Gasteiger partial charge is 0.355 e. The highest BCUT2D eigenvalue weighted by molar-refractivity contribution is 5.84. The van der Waals surface area contributed by atoms with Crippen molar-refractivity contribution >= 4 is 11.8 Å². The van der Waals surface area contributed by atoms with Crippen molar-refractivity contribution < 1.29 is 14.0 Å². The van der Waals surface area contributed by atoms with Crippen LogP contribution in [-0.4, -0.2) is 35.8 Å². The predicted octanol–water partition coefficient (Wildman–Crippen LogP) is 2.67. The number of hydrogen-bond donors (Lipinski definition) is 1. The Balaban J connectivity index is 1.49. The van der Waals surface area contributed by atoms with Gasteiger partial charge < -0.3 is 10.2 Å². The highest BCUT2D eigenvalue weighted by Gasteiger charge is 2.34. The quantitative estimate of drug-likeness (QED) is 0.901. The normalized spacial score (nSPS) is 22.0. The molecule has 4 nitrogen and oxygen atoms in total. The standard InChI is InChI=1S/C19H25FN2O2/c20-17-8-4-1-5-14(17)11-12-21-19(24)15-9-10-18(23)22(13-15)16-6-2-3-7-16/h1,4-5,8,15-16H,2-3,6-7,9-13H2,(H,21,24)/t15-/m0/s1. The van der Waals surface area contributed by atoms with Gasteiger partial charge in [-0.1, -0.05) is 31.0 Å². The fraction of sp³-hybridized carbons (Fsp3) is 0.579. The minimum atomic E-state index is -0.234. The van der Waals surface area contributed by atoms with Crippen molar-refractivity contribution in [3.05, 3.63) is 35.6 Å². The molecule has 24 heavy (non-hydrogen) atoms. The van der Waals surface area contributed by atoms with Gasteiger partial charge in [-0.2, -0.15) is 0 Å². The monoisotopic (exact) mass is 332 g/mol. The van der Waals surface area contributed by atoms with Gasteiger partial charge in [-0.25, -0.2) is 4.39 Å². The van der Waals surface area contributed by atoms with Gasteiger partial charge in [-0.3, -0.25) is 9.59 Å². The molecule has 1 atom stereocenters. The van der Waals surface area contributed by atoms with Crippen LogP contribution < -0.4 is 5.32 Å². The summed E-state index contributed by atoms with van der Waals surface area (Å²) in [6, 6.07) is 6.96. The molecule has 1 N–H and O–H groups in total. The Bertz CT molecular complexity index is 599. The second-order valence-corrected chi connectivity index (χ2v) is 6.85. The minimum Gasteiger partial charge on any atom is -0.355 e. The van der Waals surface area contributed by atoms with Gasteiger partial charge in [0, 0.05) is 25.6 Å². The summed E-state index contributed by atoms with van der Waals surface area (Å²) in [5.41, 5.74) is 0.615. The summed E-state index contributed by atoms with van der Waals surface area (Å²) in [4.78, 5) is 26.5. The number of benzene rings is 1. The highest BCUT2D eigenvalue weighted by atomic mass is 19.1. The highest BCUT2D eigenvalue weighted by Crippen LogP contribution is 2.28. The van der Waals surface area contributed by atoms with Crippen LogP contribution in [-0.2, 0) is 16.0 Å². The number of halogens is 1. The third kappa shape index (κ3) is 3.94. The molecule has 1 heterocycles. The molecule has 2 fully saturated rings. The fourth-order valence-corrected chi connectivity index (χ4v) is 3.82. The molecule has 2 amide bonds. The number of nitrogens with zero attached hydrogens (tertiary/aromatic N) is 1. The number of hydrogen-bond acceptors (Lipinski definition) is 2. The number of carbonyl (C=O) groups excluding carboxylic acids is 2. The second-order valence-electron chi connectivity index (χ2n) is 6.85. The molecule has 0 spiro atoms. The van der Waals surface area contributed by atoms with E-state index in [4.69, 9.17) is 0 Å². The van der Waals surface area contributed by atoms with E-state index in [-0.39, 0.29) is 23.5 Å². The number of rotatable bonds is 5. The Morgan fingerprint density at radius 3 is 2.71 bits per heavy atom. The Hall–Kier alpha value is -1.91. The zero-order valence-corrected chi connectivity index (χ0v) is 14.0. The zero-order valence-electron chi connectivity index (χ0n) is 14.0. The van der Waals surface area contributed by atoms with Gasteiger partial charge in [0.15, 0.2) is 0 Å². The number of likely N-dealkylation sites (tertiary alicyclic amines) is 1. The van der Waals surface area contributed by atoms with Gasteiger partial charge in [-0.15, -0.1) is 0 Å². The van der Waals surface area contributed by atoms with Crippen LogP contribution >= 0.6 is 0 Å². The molecule has 0 aromatic heterocycles. The van der Waals surface area contributed by atoms with Gasteiger partial charge in [0.05, 0.1) is 5.92 Å². The van der Waals surface area contributed by atoms with E-state index in [1.54, 1.807) is 18.2 Å². The molecule has 5 heteroatoms. The SMILES string of the molecule is O=C(NCCc1ccccc1F)[C@H]1CCC(=O)N(C2CCCC2)C1. The van der Waals surface area contributed by atoms with Crippen molar-refractivity contribution in [2.75, 3.05) is 13.1 Å². The first-order chi connectivity index (χ1) is 11.6. The predicted molar refractivity (Wildman–Crippen MR) is 89.8 cm³/mol. The molecule has 0 radical (unpaired) electrons. The molecule has 1 saturated carbocycles. The van der Waals surface area contributed by atoms with E-state index >= 15 is 0 Å². The summed E-state index contributed by atoms with van der Waals surface area (Å²) >= 11 is 0. The molecule has 1 aliphatic carbocycles. The molecule has 2 aliphatic rings. The van der Waals surface area contributed by atoms with E-state index in [0.29, 0.717) is 44.0 Å². The van der Waals surface area contributed by atoms with Gasteiger partial charge in [-0.05, 0) is 37.3 Å². The Morgan fingerprint density at radius 1 is 1.21 bits per heavy atom. The minimum absolute atomic E-state index is 0.0122. The summed E-state index contributed by atoms with van der Waals surface area (Å²) in [5, 5.41) is 2.91. The lowest BCUT2D eigenvalue weighted by Gasteiger charge is -2.36. The fourth-order valence-electron chi connectivity index (χ4n) is 3.82. The average molecular weight is 332 g/mol. The topological polar surface area (TPSA) is 49.4 Å². The molecule has 0 unspecified atom stereocenters. The lowest BCUT2D eigenvalue weighted by atomic mass is 9.94. The van der Waals surface area contributed by atoms with Gasteiger partial charge in [0.1, 0.15) is 5.82 Å². The third-order valence-electron chi connectivity index (χ3n) is 5.23. The van der Waals surface area contributed by atoms with E-state index < -0.39 is 0 Å². The molecule has 1 saturated heterocycles. The molecule has 1 aromatic carbocycles. The van der Waals surface area contributed by atoms with Crippen LogP contribution in [0.5, 0.6) is 0 Å². The smallest absolute Gasteiger partial charge is 0.224 e. The number of nitrogens with one attached hydrogen (secondary N) is 1. The number of carbonyl (C=O) groups is 2. The van der Waals surface area contributed by atoms with Gasteiger partial charge in [0.2, 0.25) is 11.8 Å². The van der Waals surface area contributed by atoms with Crippen LogP contribution in [0.1, 0.15) is 44.1 Å². The second kappa shape index (κ2) is 7.77. The van der Waals surface area contributed by atoms with Crippen molar-refractivity contribution in [2.24, 2.45) is 5.92 Å². The Labute approximate surface area is 142 Å². The van der Waals surface area contributed by atoms with Crippen molar-refractivity contribution in [1.29, 1.82) is 0 Å². The summed E-state index contributed by atoms with van der Waals surface area (Å²) in [6.07, 6.45) is 6.04. The van der Waals surface area contributed by atoms with Crippen molar-refractivity contribution in [2.45, 2.75) is 51.0 Å². The lowest BCUT2D eigenvalue weighted by Crippen LogP contribution is -2.49. The van der Waals surface area contributed by atoms with Crippen LogP contribution in [0.2, 0.25) is 0 Å². The third-order valence-corrected chi connectivity index (χ3v) is 5.23. The van der Waals surface area contributed by atoms with Gasteiger partial charge >= 0.3 is 0 Å². The maximum atomic E-state index is 13.6. The molecule has 1 aromatic rings. The zero-order chi connectivity index (χ0) is 16.9. The van der Waals surface area contributed by atoms with E-state index in [1.807, 2.05) is 4.90 Å². The average Bonchev–Trinajstić information content (AvgIpc) is 3.11. The van der Waals surface area contributed by atoms with E-state index in [2.05, 4.69) is 5.32 Å². The summed E-state index contributed by atoms with van der Waals surface area (Å²) in [6.45, 7) is 0.961. The first-order valence-electron chi connectivity index (χ1n) is 8.95. The number of amides is 2. The van der Waals surface area contributed by atoms with Crippen LogP contribution in [0.15, 0.2) is 24.3 Å². The molecule has 3 rings (SSSR count). The Morgan fingerprint density at radius 2 is 1.96 bits per heavy atom. The molecule has 1 aliphatic heterocycles. The van der Waals surface area contributed by atoms with E-state index in [9.17, 15) is 14.0 Å². The van der Waals surface area contributed by atoms with Crippen LogP contribution in [0.25, 0.3) is 0 Å². The van der Waals surface area contributed by atoms with Crippen molar-refractivity contribution in [3.63, 3.8) is 0 Å². The molecule has 0 bridgehead atoms. The van der Waals surface area contributed by atoms with Crippen molar-refractivity contribution in [3.8, 4) is 0 Å². The lowest BCUT2D eigenvalue weighted by molar-refractivity contribution is -0.140. The molecule has 130 valence electrons. The van der Waals surface area contributed by atoms with Crippen molar-refractivity contribution in [1.82, 2.24) is 10.2 Å². The maximum Gasteiger partial charge on any atom is 0.224 e. The maximum absolute atomic E-state index is 13.6. The van der Waals surface area contributed by atoms with E-state index in [0.717, 1.165) is 12.8 Å². The van der Waals surface area contributed by atoms with Crippen LogP contribution in [0.4, 0.5) is 4.39 Å². The first kappa shape index (κ1) is 16.9. The summed E-state index contributed by atoms with van der Waals surface area (Å²) < 4.78 is 13.6. The number of piperidine rings is 1. The van der Waals surface area contributed by atoms with E-state index in [1.165, 1.54) is 18.9 Å². The van der Waals surface area contributed by atoms with Crippen LogP contribution in [0.3, 0.4) is 0 Å².